The fourth-order valence-electron chi connectivity index (χ4n) is 1.57. The highest BCUT2D eigenvalue weighted by molar-refractivity contribution is 7.98. The Kier molecular flexibility index (Phi) is 8.62. The van der Waals surface area contributed by atoms with E-state index in [-0.39, 0.29) is 19.0 Å². The molecule has 0 atom stereocenters. The number of carbonyl (C=O) groups excluding carboxylic acids is 1. The molecule has 0 aromatic carbocycles. The molecule has 0 spiro atoms. The van der Waals surface area contributed by atoms with Gasteiger partial charge in [-0.3, -0.25) is 15.1 Å². The maximum atomic E-state index is 12.0. The van der Waals surface area contributed by atoms with E-state index in [2.05, 4.69) is 25.6 Å². The predicted molar refractivity (Wildman–Crippen MR) is 87.6 cm³/mol. The van der Waals surface area contributed by atoms with Gasteiger partial charge in [-0.2, -0.15) is 30.2 Å². The van der Waals surface area contributed by atoms with Gasteiger partial charge in [-0.05, 0) is 6.92 Å². The molecule has 0 aliphatic carbocycles. The summed E-state index contributed by atoms with van der Waals surface area (Å²) in [6.07, 6.45) is -1.61. The highest BCUT2D eigenvalue weighted by Crippen LogP contribution is 2.13. The average molecular weight is 377 g/mol. The minimum absolute atomic E-state index is 0.00502. The smallest absolute Gasteiger partial charge is 0.354 e. The van der Waals surface area contributed by atoms with Gasteiger partial charge >= 0.3 is 12.1 Å². The number of nitrogens with zero attached hydrogens (tertiary/aromatic N) is 3. The SMILES string of the molecule is Cc1[nH]cnc1CSCCN=C(NC#N)NCCNC(=O)C(F)(F)F. The molecule has 0 radical (unpaired) electrons. The molecule has 0 bridgehead atoms. The number of halogens is 3. The Labute approximate surface area is 146 Å². The third kappa shape index (κ3) is 8.30. The van der Waals surface area contributed by atoms with E-state index < -0.39 is 12.1 Å². The fourth-order valence-corrected chi connectivity index (χ4v) is 2.42. The predicted octanol–water partition coefficient (Wildman–Crippen LogP) is 0.646. The molecule has 0 unspecified atom stereocenters. The number of thioether (sulfide) groups is 1. The summed E-state index contributed by atoms with van der Waals surface area (Å²) in [5, 5.41) is 15.3. The van der Waals surface area contributed by atoms with Gasteiger partial charge in [0.1, 0.15) is 0 Å². The van der Waals surface area contributed by atoms with E-state index in [9.17, 15) is 18.0 Å². The van der Waals surface area contributed by atoms with Crippen molar-refractivity contribution in [3.05, 3.63) is 17.7 Å². The average Bonchev–Trinajstić information content (AvgIpc) is 2.95. The largest absolute Gasteiger partial charge is 0.471 e. The standard InChI is InChI=1S/C13H18F3N7OS/c1-9-10(23-8-22-9)6-25-5-4-20-12(21-7-17)19-3-2-18-11(24)13(14,15)16/h8H,2-6H2,1H3,(H,18,24)(H,22,23)(H2,19,20,21). The zero-order valence-electron chi connectivity index (χ0n) is 13.4. The van der Waals surface area contributed by atoms with E-state index in [1.807, 2.05) is 6.92 Å². The lowest BCUT2D eigenvalue weighted by Crippen LogP contribution is -2.43. The Balaban J connectivity index is 2.26. The molecule has 0 saturated carbocycles. The number of H-pyrrole nitrogens is 1. The molecular formula is C13H18F3N7OS. The molecule has 1 aromatic heterocycles. The number of carbonyl (C=O) groups is 1. The number of nitriles is 1. The van der Waals surface area contributed by atoms with Crippen LogP contribution >= 0.6 is 11.8 Å². The number of aliphatic imine (C=N–C) groups is 1. The molecule has 138 valence electrons. The van der Waals surface area contributed by atoms with Crippen LogP contribution in [0.5, 0.6) is 0 Å². The number of aryl methyl sites for hydroxylation is 1. The summed E-state index contributed by atoms with van der Waals surface area (Å²) in [6.45, 7) is 2.07. The van der Waals surface area contributed by atoms with Gasteiger partial charge in [-0.15, -0.1) is 0 Å². The van der Waals surface area contributed by atoms with E-state index >= 15 is 0 Å². The zero-order chi connectivity index (χ0) is 18.7. The third-order valence-electron chi connectivity index (χ3n) is 2.81. The third-order valence-corrected chi connectivity index (χ3v) is 3.76. The number of rotatable bonds is 8. The van der Waals surface area contributed by atoms with E-state index in [1.54, 1.807) is 29.6 Å². The Morgan fingerprint density at radius 2 is 2.16 bits per heavy atom. The summed E-state index contributed by atoms with van der Waals surface area (Å²) in [4.78, 5) is 21.9. The van der Waals surface area contributed by atoms with E-state index in [4.69, 9.17) is 5.26 Å². The molecule has 1 aromatic rings. The molecule has 25 heavy (non-hydrogen) atoms. The van der Waals surface area contributed by atoms with Crippen LogP contribution in [0, 0.1) is 18.4 Å². The topological polar surface area (TPSA) is 118 Å². The van der Waals surface area contributed by atoms with Crippen molar-refractivity contribution in [2.24, 2.45) is 4.99 Å². The normalized spacial score (nSPS) is 11.7. The van der Waals surface area contributed by atoms with E-state index in [0.29, 0.717) is 12.3 Å². The number of hydrogen-bond acceptors (Lipinski definition) is 5. The lowest BCUT2D eigenvalue weighted by atomic mass is 10.4. The highest BCUT2D eigenvalue weighted by atomic mass is 32.2. The van der Waals surface area contributed by atoms with E-state index in [1.165, 1.54) is 0 Å². The first kappa shape index (κ1) is 20.6. The molecule has 0 saturated heterocycles. The van der Waals surface area contributed by atoms with Crippen LogP contribution in [0.4, 0.5) is 13.2 Å². The molecule has 12 heteroatoms. The Morgan fingerprint density at radius 3 is 2.76 bits per heavy atom. The maximum Gasteiger partial charge on any atom is 0.471 e. The quantitative estimate of drug-likeness (QED) is 0.174. The van der Waals surface area contributed by atoms with Gasteiger partial charge < -0.3 is 15.6 Å². The molecular weight excluding hydrogens is 359 g/mol. The molecule has 0 aliphatic rings. The van der Waals surface area contributed by atoms with Gasteiger partial charge in [-0.1, -0.05) is 0 Å². The van der Waals surface area contributed by atoms with Gasteiger partial charge in [-0.25, -0.2) is 4.98 Å². The number of nitrogens with one attached hydrogen (secondary N) is 4. The van der Waals surface area contributed by atoms with Crippen LogP contribution in [-0.4, -0.2) is 53.4 Å². The Morgan fingerprint density at radius 1 is 1.44 bits per heavy atom. The molecule has 1 rings (SSSR count). The summed E-state index contributed by atoms with van der Waals surface area (Å²) in [5.41, 5.74) is 1.97. The van der Waals surface area contributed by atoms with Gasteiger partial charge in [0.25, 0.3) is 0 Å². The monoisotopic (exact) mass is 377 g/mol. The highest BCUT2D eigenvalue weighted by Gasteiger charge is 2.38. The molecule has 0 aliphatic heterocycles. The van der Waals surface area contributed by atoms with Crippen LogP contribution in [-0.2, 0) is 10.5 Å². The van der Waals surface area contributed by atoms with Crippen LogP contribution < -0.4 is 16.0 Å². The first-order valence-corrected chi connectivity index (χ1v) is 8.35. The number of amides is 1. The van der Waals surface area contributed by atoms with Crippen LogP contribution in [0.1, 0.15) is 11.4 Å². The minimum Gasteiger partial charge on any atom is -0.354 e. The van der Waals surface area contributed by atoms with Crippen molar-refractivity contribution < 1.29 is 18.0 Å². The molecule has 1 heterocycles. The van der Waals surface area contributed by atoms with Gasteiger partial charge in [0.15, 0.2) is 6.19 Å². The molecule has 0 fully saturated rings. The van der Waals surface area contributed by atoms with Crippen LogP contribution in [0.25, 0.3) is 0 Å². The van der Waals surface area contributed by atoms with Crippen molar-refractivity contribution in [2.75, 3.05) is 25.4 Å². The summed E-state index contributed by atoms with van der Waals surface area (Å²) >= 11 is 1.61. The molecule has 4 N–H and O–H groups in total. The second-order valence-electron chi connectivity index (χ2n) is 4.67. The van der Waals surface area contributed by atoms with Crippen molar-refractivity contribution in [1.29, 1.82) is 5.26 Å². The van der Waals surface area contributed by atoms with Gasteiger partial charge in [0.05, 0.1) is 18.6 Å². The second kappa shape index (κ2) is 10.4. The Bertz CT molecular complexity index is 624. The zero-order valence-corrected chi connectivity index (χ0v) is 14.2. The summed E-state index contributed by atoms with van der Waals surface area (Å²) in [5.74, 6) is -0.468. The number of aromatic nitrogens is 2. The number of hydrogen-bond donors (Lipinski definition) is 4. The fraction of sp³-hybridized carbons (Fsp3) is 0.538. The number of aromatic amines is 1. The van der Waals surface area contributed by atoms with Crippen LogP contribution in [0.2, 0.25) is 0 Å². The lowest BCUT2D eigenvalue weighted by Gasteiger charge is -2.10. The van der Waals surface area contributed by atoms with Crippen molar-refractivity contribution in [1.82, 2.24) is 25.9 Å². The summed E-state index contributed by atoms with van der Waals surface area (Å²) in [6, 6.07) is 0. The van der Waals surface area contributed by atoms with Gasteiger partial charge in [0, 0.05) is 30.3 Å². The summed E-state index contributed by atoms with van der Waals surface area (Å²) < 4.78 is 36.0. The number of imidazole rings is 1. The van der Waals surface area contributed by atoms with Crippen molar-refractivity contribution in [2.45, 2.75) is 18.9 Å². The molecule has 8 nitrogen and oxygen atoms in total. The Hall–Kier alpha value is -2.42. The molecule has 1 amide bonds. The second-order valence-corrected chi connectivity index (χ2v) is 5.78. The van der Waals surface area contributed by atoms with Crippen molar-refractivity contribution >= 4 is 23.6 Å². The van der Waals surface area contributed by atoms with Crippen LogP contribution in [0.15, 0.2) is 11.3 Å². The van der Waals surface area contributed by atoms with Crippen molar-refractivity contribution in [3.8, 4) is 6.19 Å². The van der Waals surface area contributed by atoms with Gasteiger partial charge in [0.2, 0.25) is 5.96 Å². The first-order valence-electron chi connectivity index (χ1n) is 7.19. The lowest BCUT2D eigenvalue weighted by molar-refractivity contribution is -0.173. The first-order chi connectivity index (χ1) is 11.8. The van der Waals surface area contributed by atoms with Crippen molar-refractivity contribution in [3.63, 3.8) is 0 Å². The minimum atomic E-state index is -4.91. The summed E-state index contributed by atoms with van der Waals surface area (Å²) in [7, 11) is 0. The van der Waals surface area contributed by atoms with E-state index in [0.717, 1.165) is 17.1 Å². The van der Waals surface area contributed by atoms with Crippen LogP contribution in [0.3, 0.4) is 0 Å². The number of alkyl halides is 3. The maximum absolute atomic E-state index is 12.0. The number of guanidine groups is 1.